The maximum atomic E-state index is 14.3. The third-order valence-corrected chi connectivity index (χ3v) is 4.43. The Hall–Kier alpha value is -1.79. The van der Waals surface area contributed by atoms with Crippen LogP contribution >= 0.6 is 0 Å². The molecule has 0 amide bonds. The van der Waals surface area contributed by atoms with Gasteiger partial charge in [-0.3, -0.25) is 0 Å². The average Bonchev–Trinajstić information content (AvgIpc) is 2.59. The highest BCUT2D eigenvalue weighted by Crippen LogP contribution is 2.59. The molecule has 0 fully saturated rings. The molecule has 0 saturated carbocycles. The summed E-state index contributed by atoms with van der Waals surface area (Å²) in [4.78, 5) is 0. The molecular weight excluding hydrogens is 457 g/mol. The molecule has 0 heterocycles. The molecule has 1 aromatic rings. The molecule has 1 rings (SSSR count). The van der Waals surface area contributed by atoms with Gasteiger partial charge in [-0.25, -0.2) is 0 Å². The molecule has 0 aliphatic carbocycles. The summed E-state index contributed by atoms with van der Waals surface area (Å²) in [5.74, 6) is -28.0. The van der Waals surface area contributed by atoms with Crippen molar-refractivity contribution < 1.29 is 57.8 Å². The van der Waals surface area contributed by atoms with Gasteiger partial charge in [0.05, 0.1) is 18.1 Å². The van der Waals surface area contributed by atoms with Crippen molar-refractivity contribution >= 4 is 0 Å². The van der Waals surface area contributed by atoms with Crippen molar-refractivity contribution in [2.75, 3.05) is 7.11 Å². The molecule has 31 heavy (non-hydrogen) atoms. The molecule has 1 aromatic carbocycles. The van der Waals surface area contributed by atoms with Crippen LogP contribution in [0.5, 0.6) is 5.75 Å². The van der Waals surface area contributed by atoms with Crippen molar-refractivity contribution in [3.8, 4) is 5.75 Å². The molecule has 0 bridgehead atoms. The molecule has 0 N–H and O–H groups in total. The van der Waals surface area contributed by atoms with Crippen LogP contribution in [0.4, 0.5) is 48.3 Å². The second-order valence-electron chi connectivity index (χ2n) is 7.23. The fourth-order valence-corrected chi connectivity index (χ4v) is 2.60. The lowest BCUT2D eigenvalue weighted by Crippen LogP contribution is -2.67. The van der Waals surface area contributed by atoms with E-state index in [0.717, 1.165) is 26.2 Å². The Morgan fingerprint density at radius 2 is 1.32 bits per heavy atom. The SMILES string of the molecule is COC(C)(CC(F)(F)C(F)(F)C(F)(F)C(F)(F)C(F)(F)F)c1cccc(OC(C)C)c1. The van der Waals surface area contributed by atoms with Gasteiger partial charge in [-0.1, -0.05) is 12.1 Å². The second kappa shape index (κ2) is 8.28. The summed E-state index contributed by atoms with van der Waals surface area (Å²) in [6.45, 7) is 3.95. The van der Waals surface area contributed by atoms with Crippen molar-refractivity contribution in [1.29, 1.82) is 0 Å². The third kappa shape index (κ3) is 4.85. The van der Waals surface area contributed by atoms with Gasteiger partial charge < -0.3 is 9.47 Å². The molecule has 0 saturated heterocycles. The fraction of sp³-hybridized carbons (Fsp3) is 0.667. The van der Waals surface area contributed by atoms with Gasteiger partial charge in [-0.15, -0.1) is 0 Å². The van der Waals surface area contributed by atoms with Crippen molar-refractivity contribution in [3.63, 3.8) is 0 Å². The molecule has 0 aliphatic heterocycles. The highest BCUT2D eigenvalue weighted by Gasteiger charge is 2.87. The Balaban J connectivity index is 3.42. The van der Waals surface area contributed by atoms with Crippen molar-refractivity contribution in [2.24, 2.45) is 0 Å². The van der Waals surface area contributed by atoms with Crippen LogP contribution in [0.1, 0.15) is 32.8 Å². The maximum Gasteiger partial charge on any atom is 0.460 e. The quantitative estimate of drug-likeness (QED) is 0.364. The maximum absolute atomic E-state index is 14.3. The highest BCUT2D eigenvalue weighted by atomic mass is 19.4. The van der Waals surface area contributed by atoms with Gasteiger partial charge in [-0.2, -0.15) is 48.3 Å². The first-order valence-corrected chi connectivity index (χ1v) is 8.56. The van der Waals surface area contributed by atoms with E-state index in [0.29, 0.717) is 0 Å². The molecule has 2 nitrogen and oxygen atoms in total. The number of methoxy groups -OCH3 is 1. The summed E-state index contributed by atoms with van der Waals surface area (Å²) >= 11 is 0. The topological polar surface area (TPSA) is 18.5 Å². The summed E-state index contributed by atoms with van der Waals surface area (Å²) < 4.78 is 156. The summed E-state index contributed by atoms with van der Waals surface area (Å²) in [6, 6.07) is 4.71. The van der Waals surface area contributed by atoms with E-state index >= 15 is 0 Å². The van der Waals surface area contributed by atoms with Crippen LogP contribution in [-0.2, 0) is 10.3 Å². The third-order valence-electron chi connectivity index (χ3n) is 4.43. The van der Waals surface area contributed by atoms with Crippen LogP contribution in [0.2, 0.25) is 0 Å². The highest BCUT2D eigenvalue weighted by molar-refractivity contribution is 5.33. The zero-order valence-corrected chi connectivity index (χ0v) is 16.6. The standard InChI is InChI=1S/C18H19F11O2/c1-10(2)31-12-7-5-6-11(8-12)13(3,30-4)9-14(19,20)15(21,22)16(23,24)17(25,26)18(27,28)29/h5-8,10H,9H2,1-4H3. The number of halogens is 11. The summed E-state index contributed by atoms with van der Waals surface area (Å²) in [5.41, 5.74) is -2.79. The van der Waals surface area contributed by atoms with Crippen LogP contribution in [0.15, 0.2) is 24.3 Å². The largest absolute Gasteiger partial charge is 0.491 e. The first kappa shape index (κ1) is 27.2. The minimum atomic E-state index is -7.46. The molecule has 180 valence electrons. The first-order valence-electron chi connectivity index (χ1n) is 8.56. The minimum absolute atomic E-state index is 0.0554. The van der Waals surface area contributed by atoms with Gasteiger partial charge in [-0.05, 0) is 38.5 Å². The summed E-state index contributed by atoms with van der Waals surface area (Å²) in [7, 11) is 0.743. The molecule has 1 atom stereocenters. The smallest absolute Gasteiger partial charge is 0.460 e. The van der Waals surface area contributed by atoms with E-state index < -0.39 is 48.0 Å². The number of benzene rings is 1. The Kier molecular flexibility index (Phi) is 7.28. The number of rotatable bonds is 9. The van der Waals surface area contributed by atoms with Gasteiger partial charge in [0, 0.05) is 7.11 Å². The van der Waals surface area contributed by atoms with Crippen LogP contribution in [0.25, 0.3) is 0 Å². The lowest BCUT2D eigenvalue weighted by atomic mass is 9.84. The van der Waals surface area contributed by atoms with E-state index in [1.165, 1.54) is 12.1 Å². The van der Waals surface area contributed by atoms with E-state index in [2.05, 4.69) is 0 Å². The van der Waals surface area contributed by atoms with Crippen molar-refractivity contribution in [3.05, 3.63) is 29.8 Å². The van der Waals surface area contributed by atoms with Crippen molar-refractivity contribution in [2.45, 2.75) is 68.8 Å². The fourth-order valence-electron chi connectivity index (χ4n) is 2.60. The zero-order chi connectivity index (χ0) is 24.7. The number of hydrogen-bond donors (Lipinski definition) is 0. The summed E-state index contributed by atoms with van der Waals surface area (Å²) in [5, 5.41) is 0. The first-order chi connectivity index (χ1) is 13.7. The van der Waals surface area contributed by atoms with E-state index in [4.69, 9.17) is 9.47 Å². The van der Waals surface area contributed by atoms with Gasteiger partial charge in [0.25, 0.3) is 0 Å². The molecular formula is C18H19F11O2. The average molecular weight is 476 g/mol. The Bertz CT molecular complexity index is 759. The number of hydrogen-bond acceptors (Lipinski definition) is 2. The predicted octanol–water partition coefficient (Wildman–Crippen LogP) is 6.83. The minimum Gasteiger partial charge on any atom is -0.491 e. The molecule has 13 heteroatoms. The van der Waals surface area contributed by atoms with E-state index in [1.807, 2.05) is 0 Å². The zero-order valence-electron chi connectivity index (χ0n) is 16.6. The second-order valence-corrected chi connectivity index (χ2v) is 7.23. The van der Waals surface area contributed by atoms with E-state index in [-0.39, 0.29) is 11.3 Å². The lowest BCUT2D eigenvalue weighted by molar-refractivity contribution is -0.424. The number of ether oxygens (including phenoxy) is 2. The van der Waals surface area contributed by atoms with Gasteiger partial charge in [0.2, 0.25) is 0 Å². The summed E-state index contributed by atoms with van der Waals surface area (Å²) in [6.07, 6.45) is -9.96. The Morgan fingerprint density at radius 3 is 1.74 bits per heavy atom. The van der Waals surface area contributed by atoms with Gasteiger partial charge >= 0.3 is 29.9 Å². The predicted molar refractivity (Wildman–Crippen MR) is 87.0 cm³/mol. The van der Waals surface area contributed by atoms with Crippen LogP contribution in [0, 0.1) is 0 Å². The van der Waals surface area contributed by atoms with Crippen LogP contribution < -0.4 is 4.74 Å². The normalized spacial score (nSPS) is 16.4. The van der Waals surface area contributed by atoms with Gasteiger partial charge in [0.15, 0.2) is 0 Å². The molecule has 0 aromatic heterocycles. The Morgan fingerprint density at radius 1 is 0.806 bits per heavy atom. The van der Waals surface area contributed by atoms with Gasteiger partial charge in [0.1, 0.15) is 5.75 Å². The van der Waals surface area contributed by atoms with Crippen LogP contribution in [-0.4, -0.2) is 43.1 Å². The van der Waals surface area contributed by atoms with Crippen molar-refractivity contribution in [1.82, 2.24) is 0 Å². The molecule has 0 spiro atoms. The monoisotopic (exact) mass is 476 g/mol. The molecule has 0 radical (unpaired) electrons. The van der Waals surface area contributed by atoms with E-state index in [9.17, 15) is 48.3 Å². The molecule has 0 aliphatic rings. The van der Waals surface area contributed by atoms with Crippen LogP contribution in [0.3, 0.4) is 0 Å². The number of alkyl halides is 11. The Labute approximate surface area is 170 Å². The lowest BCUT2D eigenvalue weighted by Gasteiger charge is -2.40. The van der Waals surface area contributed by atoms with E-state index in [1.54, 1.807) is 13.8 Å². The molecule has 1 unspecified atom stereocenters.